The summed E-state index contributed by atoms with van der Waals surface area (Å²) in [4.78, 5) is 0. The molecule has 0 spiro atoms. The summed E-state index contributed by atoms with van der Waals surface area (Å²) in [6, 6.07) is 0. The van der Waals surface area contributed by atoms with Crippen molar-refractivity contribution in [3.05, 3.63) is 18.2 Å². The highest BCUT2D eigenvalue weighted by Gasteiger charge is 2.16. The van der Waals surface area contributed by atoms with Crippen LogP contribution in [0.25, 0.3) is 0 Å². The lowest BCUT2D eigenvalue weighted by atomic mass is 10.1. The molecule has 0 atom stereocenters. The van der Waals surface area contributed by atoms with Crippen molar-refractivity contribution in [1.29, 1.82) is 0 Å². The number of aryl methyl sites for hydroxylation is 2. The first-order valence-corrected chi connectivity index (χ1v) is 16.4. The Labute approximate surface area is 221 Å². The van der Waals surface area contributed by atoms with Gasteiger partial charge in [0.05, 0.1) is 13.1 Å². The van der Waals surface area contributed by atoms with Crippen molar-refractivity contribution in [2.24, 2.45) is 0 Å². The van der Waals surface area contributed by atoms with Crippen LogP contribution in [0.2, 0.25) is 0 Å². The van der Waals surface area contributed by atoms with E-state index in [4.69, 9.17) is 0 Å². The van der Waals surface area contributed by atoms with Gasteiger partial charge in [-0.1, -0.05) is 143 Å². The van der Waals surface area contributed by atoms with Gasteiger partial charge in [-0.05, 0) is 32.1 Å². The molecule has 0 aliphatic heterocycles. The molecule has 0 saturated carbocycles. The SMILES string of the molecule is CCCCCCCCCCCCCc1n(CCCCCC)cc[n+]1CCCCCCCCCCC. The van der Waals surface area contributed by atoms with Gasteiger partial charge in [0.1, 0.15) is 12.4 Å². The van der Waals surface area contributed by atoms with Crippen molar-refractivity contribution in [3.63, 3.8) is 0 Å². The predicted molar refractivity (Wildman–Crippen MR) is 156 cm³/mol. The molecule has 0 amide bonds. The van der Waals surface area contributed by atoms with Crippen LogP contribution in [0.3, 0.4) is 0 Å². The van der Waals surface area contributed by atoms with Gasteiger partial charge in [0.2, 0.25) is 0 Å². The van der Waals surface area contributed by atoms with Crippen LogP contribution < -0.4 is 4.57 Å². The molecule has 2 nitrogen and oxygen atoms in total. The Morgan fingerprint density at radius 1 is 0.486 bits per heavy atom. The molecule has 0 saturated heterocycles. The molecular weight excluding hydrogens is 424 g/mol. The molecule has 2 heteroatoms. The summed E-state index contributed by atoms with van der Waals surface area (Å²) < 4.78 is 5.21. The molecule has 0 N–H and O–H groups in total. The van der Waals surface area contributed by atoms with Crippen LogP contribution in [0.15, 0.2) is 12.4 Å². The van der Waals surface area contributed by atoms with Crippen molar-refractivity contribution in [2.45, 2.75) is 194 Å². The van der Waals surface area contributed by atoms with Crippen molar-refractivity contribution in [1.82, 2.24) is 4.57 Å². The molecule has 0 bridgehead atoms. The van der Waals surface area contributed by atoms with Gasteiger partial charge in [-0.2, -0.15) is 0 Å². The lowest BCUT2D eigenvalue weighted by Gasteiger charge is -2.07. The number of unbranched alkanes of at least 4 members (excludes halogenated alkanes) is 21. The zero-order chi connectivity index (χ0) is 25.2. The van der Waals surface area contributed by atoms with Crippen LogP contribution >= 0.6 is 0 Å². The van der Waals surface area contributed by atoms with Crippen molar-refractivity contribution < 1.29 is 4.57 Å². The predicted octanol–water partition coefficient (Wildman–Crippen LogP) is 10.7. The second kappa shape index (κ2) is 24.9. The van der Waals surface area contributed by atoms with E-state index in [0.717, 1.165) is 0 Å². The molecule has 0 unspecified atom stereocenters. The van der Waals surface area contributed by atoms with E-state index in [-0.39, 0.29) is 0 Å². The zero-order valence-electron chi connectivity index (χ0n) is 24.6. The van der Waals surface area contributed by atoms with E-state index in [1.54, 1.807) is 5.82 Å². The first-order valence-electron chi connectivity index (χ1n) is 16.4. The molecule has 1 aromatic heterocycles. The summed E-state index contributed by atoms with van der Waals surface area (Å²) >= 11 is 0. The minimum atomic E-state index is 1.22. The fourth-order valence-electron chi connectivity index (χ4n) is 5.44. The average molecular weight is 490 g/mol. The third kappa shape index (κ3) is 18.2. The Morgan fingerprint density at radius 3 is 1.37 bits per heavy atom. The van der Waals surface area contributed by atoms with E-state index in [0.29, 0.717) is 0 Å². The third-order valence-electron chi connectivity index (χ3n) is 7.85. The van der Waals surface area contributed by atoms with Crippen LogP contribution in [0, 0.1) is 0 Å². The standard InChI is InChI=1S/C33H65N2/c1-4-7-10-13-15-17-18-19-21-23-25-28-33-34(29-26-12-9-6-3)31-32-35(33)30-27-24-22-20-16-14-11-8-5-2/h31-32H,4-30H2,1-3H3/q+1. The second-order valence-corrected chi connectivity index (χ2v) is 11.3. The van der Waals surface area contributed by atoms with Crippen molar-refractivity contribution in [3.8, 4) is 0 Å². The Hall–Kier alpha value is -0.790. The van der Waals surface area contributed by atoms with Gasteiger partial charge >= 0.3 is 0 Å². The van der Waals surface area contributed by atoms with Crippen molar-refractivity contribution >= 4 is 0 Å². The van der Waals surface area contributed by atoms with E-state index in [2.05, 4.69) is 42.3 Å². The topological polar surface area (TPSA) is 8.81 Å². The monoisotopic (exact) mass is 490 g/mol. The fraction of sp³-hybridized carbons (Fsp3) is 0.909. The minimum absolute atomic E-state index is 1.22. The largest absolute Gasteiger partial charge is 0.256 e. The molecular formula is C33H65N2+. The maximum absolute atomic E-state index is 2.61. The lowest BCUT2D eigenvalue weighted by Crippen LogP contribution is -2.37. The molecule has 0 radical (unpaired) electrons. The van der Waals surface area contributed by atoms with Gasteiger partial charge in [-0.3, -0.25) is 0 Å². The molecule has 35 heavy (non-hydrogen) atoms. The highest BCUT2D eigenvalue weighted by atomic mass is 15.1. The van der Waals surface area contributed by atoms with E-state index in [1.807, 2.05) is 0 Å². The van der Waals surface area contributed by atoms with Gasteiger partial charge in [0.25, 0.3) is 5.82 Å². The van der Waals surface area contributed by atoms with Gasteiger partial charge in [-0.15, -0.1) is 0 Å². The highest BCUT2D eigenvalue weighted by Crippen LogP contribution is 2.14. The average Bonchev–Trinajstić information content (AvgIpc) is 3.25. The van der Waals surface area contributed by atoms with Crippen LogP contribution in [0.1, 0.15) is 181 Å². The number of rotatable bonds is 27. The van der Waals surface area contributed by atoms with Crippen LogP contribution in [-0.2, 0) is 19.5 Å². The quantitative estimate of drug-likeness (QED) is 0.0858. The summed E-state index contributed by atoms with van der Waals surface area (Å²) in [6.45, 7) is 9.37. The van der Waals surface area contributed by atoms with Crippen LogP contribution in [0.5, 0.6) is 0 Å². The van der Waals surface area contributed by atoms with E-state index in [1.165, 1.54) is 174 Å². The first kappa shape index (κ1) is 32.2. The second-order valence-electron chi connectivity index (χ2n) is 11.3. The van der Waals surface area contributed by atoms with E-state index >= 15 is 0 Å². The fourth-order valence-corrected chi connectivity index (χ4v) is 5.44. The minimum Gasteiger partial charge on any atom is -0.234 e. The molecule has 0 aliphatic carbocycles. The van der Waals surface area contributed by atoms with Gasteiger partial charge in [0.15, 0.2) is 0 Å². The highest BCUT2D eigenvalue weighted by molar-refractivity contribution is 4.84. The molecule has 1 aromatic rings. The summed E-state index contributed by atoms with van der Waals surface area (Å²) in [7, 11) is 0. The summed E-state index contributed by atoms with van der Waals surface area (Å²) in [5.74, 6) is 1.61. The summed E-state index contributed by atoms with van der Waals surface area (Å²) in [5, 5.41) is 0. The maximum Gasteiger partial charge on any atom is 0.256 e. The normalized spacial score (nSPS) is 11.5. The first-order chi connectivity index (χ1) is 17.3. The molecule has 0 fully saturated rings. The summed E-state index contributed by atoms with van der Waals surface area (Å²) in [6.07, 6.45) is 40.0. The van der Waals surface area contributed by atoms with Crippen LogP contribution in [0.4, 0.5) is 0 Å². The number of imidazole rings is 1. The smallest absolute Gasteiger partial charge is 0.234 e. The van der Waals surface area contributed by atoms with Gasteiger partial charge in [0, 0.05) is 6.42 Å². The molecule has 0 aliphatic rings. The number of aromatic nitrogens is 2. The van der Waals surface area contributed by atoms with E-state index in [9.17, 15) is 0 Å². The zero-order valence-corrected chi connectivity index (χ0v) is 24.6. The maximum atomic E-state index is 2.61. The Balaban J connectivity index is 2.28. The lowest BCUT2D eigenvalue weighted by molar-refractivity contribution is -0.704. The Bertz CT molecular complexity index is 547. The summed E-state index contributed by atoms with van der Waals surface area (Å²) in [5.41, 5.74) is 0. The molecule has 1 rings (SSSR count). The number of hydrogen-bond acceptors (Lipinski definition) is 0. The van der Waals surface area contributed by atoms with Crippen molar-refractivity contribution in [2.75, 3.05) is 0 Å². The number of nitrogens with zero attached hydrogens (tertiary/aromatic N) is 2. The third-order valence-corrected chi connectivity index (χ3v) is 7.85. The molecule has 0 aromatic carbocycles. The number of hydrogen-bond donors (Lipinski definition) is 0. The van der Waals surface area contributed by atoms with Crippen LogP contribution in [-0.4, -0.2) is 4.57 Å². The molecule has 1 heterocycles. The Morgan fingerprint density at radius 2 is 0.886 bits per heavy atom. The van der Waals surface area contributed by atoms with Gasteiger partial charge in [-0.25, -0.2) is 9.13 Å². The van der Waals surface area contributed by atoms with E-state index < -0.39 is 0 Å². The Kier molecular flexibility index (Phi) is 22.9. The molecule has 206 valence electrons. The van der Waals surface area contributed by atoms with Gasteiger partial charge < -0.3 is 0 Å².